The molecule has 0 radical (unpaired) electrons. The Morgan fingerprint density at radius 2 is 1.60 bits per heavy atom. The lowest BCUT2D eigenvalue weighted by Crippen LogP contribution is -2.12. The Kier molecular flexibility index (Phi) is 7.53. The standard InChI is InChI=1S/C18H28O2/c1-5-6-7-8-9-10-20-13-18(19)17-12-15(3)14(2)11-16(17)4/h11-12H,5-10,13H2,1-4H3. The summed E-state index contributed by atoms with van der Waals surface area (Å²) in [6.07, 6.45) is 6.07. The van der Waals surface area contributed by atoms with Crippen molar-refractivity contribution in [2.75, 3.05) is 13.2 Å². The maximum Gasteiger partial charge on any atom is 0.188 e. The lowest BCUT2D eigenvalue weighted by Gasteiger charge is -2.09. The van der Waals surface area contributed by atoms with Gasteiger partial charge in [0.15, 0.2) is 5.78 Å². The van der Waals surface area contributed by atoms with Gasteiger partial charge in [0.05, 0.1) is 0 Å². The Labute approximate surface area is 123 Å². The number of ether oxygens (including phenoxy) is 1. The molecule has 0 fully saturated rings. The van der Waals surface area contributed by atoms with Crippen molar-refractivity contribution in [3.8, 4) is 0 Å². The molecule has 0 saturated carbocycles. The average molecular weight is 276 g/mol. The molecule has 2 nitrogen and oxygen atoms in total. The summed E-state index contributed by atoms with van der Waals surface area (Å²) in [5, 5.41) is 0. The highest BCUT2D eigenvalue weighted by molar-refractivity contribution is 5.98. The van der Waals surface area contributed by atoms with Crippen LogP contribution in [0.3, 0.4) is 0 Å². The van der Waals surface area contributed by atoms with Crippen LogP contribution < -0.4 is 0 Å². The molecular weight excluding hydrogens is 248 g/mol. The topological polar surface area (TPSA) is 26.3 Å². The summed E-state index contributed by atoms with van der Waals surface area (Å²) in [4.78, 5) is 12.1. The minimum atomic E-state index is 0.0964. The van der Waals surface area contributed by atoms with E-state index in [2.05, 4.69) is 19.9 Å². The molecule has 0 aliphatic carbocycles. The summed E-state index contributed by atoms with van der Waals surface area (Å²) in [6, 6.07) is 4.06. The third-order valence-corrected chi connectivity index (χ3v) is 3.77. The first-order valence-electron chi connectivity index (χ1n) is 7.75. The lowest BCUT2D eigenvalue weighted by molar-refractivity contribution is 0.0751. The molecule has 112 valence electrons. The van der Waals surface area contributed by atoms with Crippen LogP contribution in [0.4, 0.5) is 0 Å². The summed E-state index contributed by atoms with van der Waals surface area (Å²) in [7, 11) is 0. The van der Waals surface area contributed by atoms with Gasteiger partial charge < -0.3 is 4.74 Å². The molecule has 0 saturated heterocycles. The first kappa shape index (κ1) is 16.9. The van der Waals surface area contributed by atoms with Gasteiger partial charge in [-0.25, -0.2) is 0 Å². The van der Waals surface area contributed by atoms with Crippen molar-refractivity contribution in [2.45, 2.75) is 59.8 Å². The Hall–Kier alpha value is -1.15. The highest BCUT2D eigenvalue weighted by atomic mass is 16.5. The number of unbranched alkanes of at least 4 members (excludes halogenated alkanes) is 4. The van der Waals surface area contributed by atoms with Crippen LogP contribution in [-0.4, -0.2) is 19.0 Å². The summed E-state index contributed by atoms with van der Waals surface area (Å²) in [5.74, 6) is 0.0964. The Morgan fingerprint density at radius 1 is 0.950 bits per heavy atom. The van der Waals surface area contributed by atoms with E-state index in [4.69, 9.17) is 4.74 Å². The number of hydrogen-bond acceptors (Lipinski definition) is 2. The third kappa shape index (κ3) is 5.46. The third-order valence-electron chi connectivity index (χ3n) is 3.77. The number of carbonyl (C=O) groups excluding carboxylic acids is 1. The first-order valence-corrected chi connectivity index (χ1v) is 7.75. The Bertz CT molecular complexity index is 435. The summed E-state index contributed by atoms with van der Waals surface area (Å²) < 4.78 is 5.51. The Balaban J connectivity index is 2.34. The second-order valence-corrected chi connectivity index (χ2v) is 5.64. The van der Waals surface area contributed by atoms with Crippen LogP contribution in [0, 0.1) is 20.8 Å². The molecule has 0 spiro atoms. The van der Waals surface area contributed by atoms with Crippen LogP contribution in [0.2, 0.25) is 0 Å². The second-order valence-electron chi connectivity index (χ2n) is 5.64. The SMILES string of the molecule is CCCCCCCOCC(=O)c1cc(C)c(C)cc1C. The summed E-state index contributed by atoms with van der Waals surface area (Å²) in [5.41, 5.74) is 4.25. The maximum atomic E-state index is 12.1. The largest absolute Gasteiger partial charge is 0.373 e. The number of rotatable bonds is 9. The fourth-order valence-corrected chi connectivity index (χ4v) is 2.31. The smallest absolute Gasteiger partial charge is 0.188 e. The average Bonchev–Trinajstić information content (AvgIpc) is 2.41. The van der Waals surface area contributed by atoms with Gasteiger partial charge in [-0.2, -0.15) is 0 Å². The van der Waals surface area contributed by atoms with Crippen LogP contribution >= 0.6 is 0 Å². The van der Waals surface area contributed by atoms with Crippen molar-refractivity contribution in [2.24, 2.45) is 0 Å². The molecule has 2 heteroatoms. The van der Waals surface area contributed by atoms with E-state index in [9.17, 15) is 4.79 Å². The minimum absolute atomic E-state index is 0.0964. The molecule has 1 aromatic carbocycles. The number of benzene rings is 1. The highest BCUT2D eigenvalue weighted by Gasteiger charge is 2.10. The van der Waals surface area contributed by atoms with Crippen LogP contribution in [0.25, 0.3) is 0 Å². The van der Waals surface area contributed by atoms with Gasteiger partial charge >= 0.3 is 0 Å². The quantitative estimate of drug-likeness (QED) is 0.479. The zero-order valence-electron chi connectivity index (χ0n) is 13.4. The number of hydrogen-bond donors (Lipinski definition) is 0. The van der Waals surface area contributed by atoms with E-state index in [1.54, 1.807) is 0 Å². The molecule has 0 aliphatic heterocycles. The fourth-order valence-electron chi connectivity index (χ4n) is 2.31. The van der Waals surface area contributed by atoms with Gasteiger partial charge in [-0.15, -0.1) is 0 Å². The van der Waals surface area contributed by atoms with E-state index >= 15 is 0 Å². The van der Waals surface area contributed by atoms with Gasteiger partial charge in [0.1, 0.15) is 6.61 Å². The van der Waals surface area contributed by atoms with E-state index < -0.39 is 0 Å². The minimum Gasteiger partial charge on any atom is -0.373 e. The zero-order chi connectivity index (χ0) is 15.0. The zero-order valence-corrected chi connectivity index (χ0v) is 13.4. The van der Waals surface area contributed by atoms with Crippen molar-refractivity contribution >= 4 is 5.78 Å². The van der Waals surface area contributed by atoms with Gasteiger partial charge in [0.25, 0.3) is 0 Å². The molecule has 20 heavy (non-hydrogen) atoms. The molecular formula is C18H28O2. The number of carbonyl (C=O) groups is 1. The van der Waals surface area contributed by atoms with E-state index in [0.29, 0.717) is 6.61 Å². The van der Waals surface area contributed by atoms with E-state index in [0.717, 1.165) is 17.5 Å². The van der Waals surface area contributed by atoms with Gasteiger partial charge in [0, 0.05) is 12.2 Å². The van der Waals surface area contributed by atoms with Crippen molar-refractivity contribution in [3.05, 3.63) is 34.4 Å². The normalized spacial score (nSPS) is 10.8. The van der Waals surface area contributed by atoms with Crippen molar-refractivity contribution < 1.29 is 9.53 Å². The number of ketones is 1. The number of aryl methyl sites for hydroxylation is 3. The van der Waals surface area contributed by atoms with Crippen molar-refractivity contribution in [1.29, 1.82) is 0 Å². The Morgan fingerprint density at radius 3 is 2.30 bits per heavy atom. The molecule has 0 bridgehead atoms. The molecule has 1 aromatic rings. The lowest BCUT2D eigenvalue weighted by atomic mass is 9.98. The van der Waals surface area contributed by atoms with Crippen molar-refractivity contribution in [1.82, 2.24) is 0 Å². The van der Waals surface area contributed by atoms with Gasteiger partial charge in [-0.3, -0.25) is 4.79 Å². The summed E-state index contributed by atoms with van der Waals surface area (Å²) >= 11 is 0. The predicted octanol–water partition coefficient (Wildman–Crippen LogP) is 4.78. The highest BCUT2D eigenvalue weighted by Crippen LogP contribution is 2.16. The maximum absolute atomic E-state index is 12.1. The predicted molar refractivity (Wildman–Crippen MR) is 84.6 cm³/mol. The molecule has 1 rings (SSSR count). The van der Waals surface area contributed by atoms with Gasteiger partial charge in [-0.1, -0.05) is 38.7 Å². The van der Waals surface area contributed by atoms with E-state index in [1.165, 1.54) is 36.8 Å². The van der Waals surface area contributed by atoms with Crippen molar-refractivity contribution in [3.63, 3.8) is 0 Å². The molecule has 0 atom stereocenters. The summed E-state index contributed by atoms with van der Waals surface area (Å²) in [6.45, 7) is 9.21. The van der Waals surface area contributed by atoms with Crippen LogP contribution in [0.5, 0.6) is 0 Å². The van der Waals surface area contributed by atoms with Crippen LogP contribution in [0.15, 0.2) is 12.1 Å². The fraction of sp³-hybridized carbons (Fsp3) is 0.611. The molecule has 0 unspecified atom stereocenters. The number of Topliss-reactive ketones (excluding diaryl/α,β-unsaturated/α-hetero) is 1. The molecule has 0 N–H and O–H groups in total. The van der Waals surface area contributed by atoms with E-state index in [-0.39, 0.29) is 12.4 Å². The first-order chi connectivity index (χ1) is 9.56. The van der Waals surface area contributed by atoms with Crippen LogP contribution in [-0.2, 0) is 4.74 Å². The second kappa shape index (κ2) is 8.91. The van der Waals surface area contributed by atoms with Gasteiger partial charge in [0.2, 0.25) is 0 Å². The van der Waals surface area contributed by atoms with Crippen LogP contribution in [0.1, 0.15) is 66.1 Å². The van der Waals surface area contributed by atoms with Gasteiger partial charge in [-0.05, 0) is 49.9 Å². The molecule has 0 heterocycles. The van der Waals surface area contributed by atoms with E-state index in [1.807, 2.05) is 19.9 Å². The molecule has 0 aliphatic rings. The monoisotopic (exact) mass is 276 g/mol. The molecule has 0 aromatic heterocycles. The molecule has 0 amide bonds.